The summed E-state index contributed by atoms with van der Waals surface area (Å²) in [5.41, 5.74) is 0.137. The number of para-hydroxylation sites is 1. The smallest absolute Gasteiger partial charge is 0.405 e. The number of carbonyl (C=O) groups excluding carboxylic acids is 1. The van der Waals surface area contributed by atoms with Crippen molar-refractivity contribution >= 4 is 17.4 Å². The first-order valence-electron chi connectivity index (χ1n) is 10.2. The van der Waals surface area contributed by atoms with Crippen LogP contribution >= 0.6 is 0 Å². The molecule has 0 spiro atoms. The Morgan fingerprint density at radius 2 is 1.74 bits per heavy atom. The number of alkyl halides is 6. The zero-order valence-electron chi connectivity index (χ0n) is 17.4. The number of fused-ring (bicyclic) bond motifs is 1. The average molecular weight is 488 g/mol. The van der Waals surface area contributed by atoms with Crippen molar-refractivity contribution in [1.29, 1.82) is 0 Å². The zero-order valence-corrected chi connectivity index (χ0v) is 17.4. The molecular weight excluding hydrogens is 470 g/mol. The number of anilines is 1. The Labute approximate surface area is 188 Å². The summed E-state index contributed by atoms with van der Waals surface area (Å²) in [5.74, 6) is -2.07. The predicted octanol–water partition coefficient (Wildman–Crippen LogP) is 3.57. The van der Waals surface area contributed by atoms with Crippen LogP contribution in [0.3, 0.4) is 0 Å². The maximum atomic E-state index is 13.1. The van der Waals surface area contributed by atoms with E-state index >= 15 is 0 Å². The molecule has 1 saturated heterocycles. The molecule has 0 aliphatic carbocycles. The van der Waals surface area contributed by atoms with E-state index < -0.39 is 24.3 Å². The van der Waals surface area contributed by atoms with E-state index in [9.17, 15) is 31.1 Å². The van der Waals surface area contributed by atoms with Crippen molar-refractivity contribution in [1.82, 2.24) is 25.1 Å². The molecule has 1 N–H and O–H groups in total. The fourth-order valence-corrected chi connectivity index (χ4v) is 3.70. The van der Waals surface area contributed by atoms with Gasteiger partial charge in [-0.1, -0.05) is 18.2 Å². The van der Waals surface area contributed by atoms with Crippen LogP contribution in [-0.4, -0.2) is 45.2 Å². The highest BCUT2D eigenvalue weighted by molar-refractivity contribution is 5.79. The number of halogens is 6. The number of ether oxygens (including phenoxy) is 1. The Morgan fingerprint density at radius 1 is 1.03 bits per heavy atom. The molecular formula is C20H18F6N6O2. The summed E-state index contributed by atoms with van der Waals surface area (Å²) in [7, 11) is 0. The highest BCUT2D eigenvalue weighted by atomic mass is 19.4. The second-order valence-corrected chi connectivity index (χ2v) is 7.62. The first-order valence-corrected chi connectivity index (χ1v) is 10.2. The molecule has 8 nitrogen and oxygen atoms in total. The molecule has 14 heteroatoms. The lowest BCUT2D eigenvalue weighted by atomic mass is 9.96. The van der Waals surface area contributed by atoms with Crippen LogP contribution in [0.4, 0.5) is 32.2 Å². The molecule has 1 aliphatic rings. The van der Waals surface area contributed by atoms with Gasteiger partial charge in [-0.25, -0.2) is 0 Å². The minimum Gasteiger partial charge on any atom is -0.405 e. The Balaban J connectivity index is 1.36. The van der Waals surface area contributed by atoms with E-state index in [1.807, 2.05) is 0 Å². The van der Waals surface area contributed by atoms with Gasteiger partial charge in [-0.15, -0.1) is 28.5 Å². The summed E-state index contributed by atoms with van der Waals surface area (Å²) < 4.78 is 81.5. The van der Waals surface area contributed by atoms with E-state index in [0.29, 0.717) is 30.4 Å². The van der Waals surface area contributed by atoms with Crippen LogP contribution in [0, 0.1) is 5.92 Å². The molecule has 1 amide bonds. The Hall–Kier alpha value is -3.58. The SMILES string of the molecule is O=C(NCc1ccccc1OC(F)(F)F)C1CCN(c2ccc3nnc(C(F)(F)F)n3n2)CC1. The van der Waals surface area contributed by atoms with Crippen molar-refractivity contribution in [2.45, 2.75) is 31.9 Å². The second kappa shape index (κ2) is 8.99. The van der Waals surface area contributed by atoms with E-state index in [1.54, 1.807) is 4.90 Å². The number of nitrogens with one attached hydrogen (secondary N) is 1. The van der Waals surface area contributed by atoms with Crippen molar-refractivity contribution in [3.8, 4) is 5.75 Å². The van der Waals surface area contributed by atoms with E-state index in [-0.39, 0.29) is 35.2 Å². The average Bonchev–Trinajstić information content (AvgIpc) is 3.21. The Morgan fingerprint density at radius 3 is 2.41 bits per heavy atom. The van der Waals surface area contributed by atoms with Gasteiger partial charge in [-0.3, -0.25) is 4.79 Å². The van der Waals surface area contributed by atoms with E-state index in [2.05, 4.69) is 25.3 Å². The van der Waals surface area contributed by atoms with Gasteiger partial charge in [0.2, 0.25) is 5.91 Å². The van der Waals surface area contributed by atoms with Crippen LogP contribution in [0.25, 0.3) is 5.65 Å². The number of amides is 1. The van der Waals surface area contributed by atoms with Gasteiger partial charge in [0.1, 0.15) is 11.6 Å². The molecule has 0 radical (unpaired) electrons. The van der Waals surface area contributed by atoms with Gasteiger partial charge in [-0.05, 0) is 31.0 Å². The molecule has 2 aromatic heterocycles. The van der Waals surface area contributed by atoms with Gasteiger partial charge < -0.3 is 15.0 Å². The molecule has 1 aromatic carbocycles. The third kappa shape index (κ3) is 5.31. The lowest BCUT2D eigenvalue weighted by molar-refractivity contribution is -0.274. The summed E-state index contributed by atoms with van der Waals surface area (Å²) in [6.07, 6.45) is -8.78. The molecule has 3 heterocycles. The first-order chi connectivity index (χ1) is 16.0. The number of hydrogen-bond acceptors (Lipinski definition) is 6. The van der Waals surface area contributed by atoms with Gasteiger partial charge >= 0.3 is 12.5 Å². The Bertz CT molecular complexity index is 1170. The van der Waals surface area contributed by atoms with E-state index in [4.69, 9.17) is 0 Å². The van der Waals surface area contributed by atoms with Gasteiger partial charge in [0.05, 0.1) is 0 Å². The third-order valence-electron chi connectivity index (χ3n) is 5.34. The molecule has 1 aliphatic heterocycles. The lowest BCUT2D eigenvalue weighted by Crippen LogP contribution is -2.41. The normalized spacial score (nSPS) is 15.5. The van der Waals surface area contributed by atoms with Crippen molar-refractivity contribution in [3.63, 3.8) is 0 Å². The number of nitrogens with zero attached hydrogens (tertiary/aromatic N) is 5. The zero-order chi connectivity index (χ0) is 24.5. The molecule has 0 unspecified atom stereocenters. The number of benzene rings is 1. The fourth-order valence-electron chi connectivity index (χ4n) is 3.70. The molecule has 0 bridgehead atoms. The van der Waals surface area contributed by atoms with Crippen LogP contribution < -0.4 is 15.0 Å². The number of rotatable bonds is 5. The van der Waals surface area contributed by atoms with Crippen LogP contribution in [0.2, 0.25) is 0 Å². The lowest BCUT2D eigenvalue weighted by Gasteiger charge is -2.32. The van der Waals surface area contributed by atoms with Gasteiger partial charge in [-0.2, -0.15) is 17.7 Å². The summed E-state index contributed by atoms with van der Waals surface area (Å²) in [6, 6.07) is 8.42. The molecule has 3 aromatic rings. The van der Waals surface area contributed by atoms with Gasteiger partial charge in [0, 0.05) is 31.1 Å². The Kier molecular flexibility index (Phi) is 6.23. The predicted molar refractivity (Wildman–Crippen MR) is 106 cm³/mol. The molecule has 4 rings (SSSR count). The van der Waals surface area contributed by atoms with Crippen LogP contribution in [0.5, 0.6) is 5.75 Å². The largest absolute Gasteiger partial charge is 0.573 e. The molecule has 1 fully saturated rings. The van der Waals surface area contributed by atoms with Crippen LogP contribution in [0.1, 0.15) is 24.2 Å². The van der Waals surface area contributed by atoms with Crippen molar-refractivity contribution in [2.75, 3.05) is 18.0 Å². The number of carbonyl (C=O) groups is 1. The summed E-state index contributed by atoms with van der Waals surface area (Å²) >= 11 is 0. The minimum absolute atomic E-state index is 0.0416. The maximum Gasteiger partial charge on any atom is 0.573 e. The number of hydrogen-bond donors (Lipinski definition) is 1. The van der Waals surface area contributed by atoms with Crippen molar-refractivity contribution in [3.05, 3.63) is 47.8 Å². The standard InChI is InChI=1S/C20H18F6N6O2/c21-19(22,23)18-29-28-15-5-6-16(30-32(15)18)31-9-7-12(8-10-31)17(33)27-11-13-3-1-2-4-14(13)34-20(24,25)26/h1-6,12H,7-11H2,(H,27,33). The summed E-state index contributed by atoms with van der Waals surface area (Å²) in [6.45, 7) is 0.569. The van der Waals surface area contributed by atoms with Gasteiger partial charge in [0.25, 0.3) is 5.82 Å². The minimum atomic E-state index is -4.85. The van der Waals surface area contributed by atoms with Crippen molar-refractivity contribution < 1.29 is 35.9 Å². The maximum absolute atomic E-state index is 13.1. The highest BCUT2D eigenvalue weighted by Crippen LogP contribution is 2.29. The summed E-state index contributed by atoms with van der Waals surface area (Å²) in [5, 5.41) is 13.2. The van der Waals surface area contributed by atoms with E-state index in [0.717, 1.165) is 6.07 Å². The monoisotopic (exact) mass is 488 g/mol. The molecule has 34 heavy (non-hydrogen) atoms. The second-order valence-electron chi connectivity index (χ2n) is 7.62. The quantitative estimate of drug-likeness (QED) is 0.553. The van der Waals surface area contributed by atoms with Crippen LogP contribution in [-0.2, 0) is 17.5 Å². The van der Waals surface area contributed by atoms with Gasteiger partial charge in [0.15, 0.2) is 5.65 Å². The highest BCUT2D eigenvalue weighted by Gasteiger charge is 2.38. The molecule has 0 saturated carbocycles. The number of piperidine rings is 1. The van der Waals surface area contributed by atoms with E-state index in [1.165, 1.54) is 30.3 Å². The van der Waals surface area contributed by atoms with Crippen LogP contribution in [0.15, 0.2) is 36.4 Å². The molecule has 0 atom stereocenters. The fraction of sp³-hybridized carbons (Fsp3) is 0.400. The third-order valence-corrected chi connectivity index (χ3v) is 5.34. The molecule has 182 valence electrons. The first kappa shape index (κ1) is 23.6. The summed E-state index contributed by atoms with van der Waals surface area (Å²) in [4.78, 5) is 14.3. The topological polar surface area (TPSA) is 84.6 Å². The number of aromatic nitrogens is 4. The van der Waals surface area contributed by atoms with Crippen molar-refractivity contribution in [2.24, 2.45) is 5.92 Å².